The molecule has 2 atom stereocenters. The lowest BCUT2D eigenvalue weighted by molar-refractivity contribution is -0.125. The van der Waals surface area contributed by atoms with Crippen molar-refractivity contribution in [2.24, 2.45) is 5.92 Å². The normalized spacial score (nSPS) is 21.2. The lowest BCUT2D eigenvalue weighted by atomic mass is 10.2. The molecule has 11 heteroatoms. The number of likely N-dealkylation sites (tertiary alicyclic amines) is 1. The molecule has 0 bridgehead atoms. The van der Waals surface area contributed by atoms with Gasteiger partial charge in [0.2, 0.25) is 11.8 Å². The highest BCUT2D eigenvalue weighted by Crippen LogP contribution is 2.24. The van der Waals surface area contributed by atoms with E-state index in [1.165, 1.54) is 16.8 Å². The minimum Gasteiger partial charge on any atom is -0.492 e. The molecule has 2 aliphatic rings. The lowest BCUT2D eigenvalue weighted by Crippen LogP contribution is -2.36. The third-order valence-electron chi connectivity index (χ3n) is 5.50. The van der Waals surface area contributed by atoms with E-state index in [0.717, 1.165) is 28.3 Å². The zero-order chi connectivity index (χ0) is 23.2. The molecule has 0 spiro atoms. The van der Waals surface area contributed by atoms with Crippen LogP contribution in [0, 0.1) is 5.92 Å². The molecule has 1 aliphatic heterocycles. The number of aromatic nitrogens is 3. The highest BCUT2D eigenvalue weighted by Gasteiger charge is 2.35. The maximum atomic E-state index is 13.4. The first-order valence-corrected chi connectivity index (χ1v) is 10.6. The van der Waals surface area contributed by atoms with E-state index in [-0.39, 0.29) is 42.8 Å². The van der Waals surface area contributed by atoms with Crippen molar-refractivity contribution in [1.82, 2.24) is 24.4 Å². The Hall–Kier alpha value is -3.24. The molecule has 1 saturated carbocycles. The second kappa shape index (κ2) is 8.36. The molecule has 3 heterocycles. The largest absolute Gasteiger partial charge is 0.492 e. The number of nitrogens with zero attached hydrogens (tertiary/aromatic N) is 4. The predicted molar refractivity (Wildman–Crippen MR) is 112 cm³/mol. The molecular weight excluding hydrogens is 424 g/mol. The van der Waals surface area contributed by atoms with Crippen molar-refractivity contribution in [1.29, 1.82) is 0 Å². The fourth-order valence-electron chi connectivity index (χ4n) is 3.72. The second-order valence-electron chi connectivity index (χ2n) is 8.70. The van der Waals surface area contributed by atoms with Crippen molar-refractivity contribution in [3.8, 4) is 5.88 Å². The van der Waals surface area contributed by atoms with Gasteiger partial charge in [0.25, 0.3) is 11.5 Å². The summed E-state index contributed by atoms with van der Waals surface area (Å²) in [4.78, 5) is 39.2. The molecule has 0 aromatic carbocycles. The SMILES string of the molecule is CC(C)Cn1c(=O)c(C(=O)NC2CC2)c(O)n2ncc(/C=C/C(=O)N3C[C@@H](F)[C@H](F)C3)c12. The van der Waals surface area contributed by atoms with Gasteiger partial charge in [-0.05, 0) is 24.8 Å². The Balaban J connectivity index is 1.74. The first-order chi connectivity index (χ1) is 15.2. The molecule has 2 aromatic rings. The van der Waals surface area contributed by atoms with E-state index in [4.69, 9.17) is 0 Å². The van der Waals surface area contributed by atoms with E-state index in [1.807, 2.05) is 13.8 Å². The van der Waals surface area contributed by atoms with Crippen LogP contribution in [-0.2, 0) is 11.3 Å². The minimum atomic E-state index is -1.71. The van der Waals surface area contributed by atoms with Crippen molar-refractivity contribution in [3.05, 3.63) is 33.8 Å². The van der Waals surface area contributed by atoms with Gasteiger partial charge in [-0.2, -0.15) is 9.61 Å². The molecule has 2 aromatic heterocycles. The zero-order valence-corrected chi connectivity index (χ0v) is 17.8. The Morgan fingerprint density at radius 1 is 1.28 bits per heavy atom. The van der Waals surface area contributed by atoms with Crippen LogP contribution in [0.1, 0.15) is 42.6 Å². The molecule has 2 N–H and O–H groups in total. The first-order valence-electron chi connectivity index (χ1n) is 10.6. The zero-order valence-electron chi connectivity index (χ0n) is 17.8. The number of amides is 2. The average molecular weight is 449 g/mol. The number of rotatable bonds is 6. The summed E-state index contributed by atoms with van der Waals surface area (Å²) in [6.45, 7) is 3.38. The van der Waals surface area contributed by atoms with E-state index in [1.54, 1.807) is 0 Å². The topological polar surface area (TPSA) is 109 Å². The van der Waals surface area contributed by atoms with Gasteiger partial charge in [0, 0.05) is 24.2 Å². The van der Waals surface area contributed by atoms with Crippen molar-refractivity contribution in [3.63, 3.8) is 0 Å². The smallest absolute Gasteiger partial charge is 0.270 e. The number of hydrogen-bond acceptors (Lipinski definition) is 5. The Kier molecular flexibility index (Phi) is 5.74. The maximum absolute atomic E-state index is 13.4. The van der Waals surface area contributed by atoms with Gasteiger partial charge in [-0.3, -0.25) is 19.0 Å². The fraction of sp³-hybridized carbons (Fsp3) is 0.524. The standard InChI is InChI=1S/C21H25F2N5O4/c1-11(2)8-27-19-12(3-6-16(29)26-9-14(22)15(23)10-26)7-24-28(19)21(32)17(20(27)31)18(30)25-13-4-5-13/h3,6-7,11,13-15,32H,4-5,8-10H2,1-2H3,(H,25,30)/b6-3+/t14-,15-/m1/s1. The van der Waals surface area contributed by atoms with Crippen molar-refractivity contribution < 1.29 is 23.5 Å². The summed E-state index contributed by atoms with van der Waals surface area (Å²) in [6.07, 6.45) is 2.10. The van der Waals surface area contributed by atoms with E-state index in [9.17, 15) is 28.3 Å². The van der Waals surface area contributed by atoms with Crippen LogP contribution in [0.4, 0.5) is 8.78 Å². The van der Waals surface area contributed by atoms with Crippen molar-refractivity contribution in [2.75, 3.05) is 13.1 Å². The van der Waals surface area contributed by atoms with Crippen LogP contribution in [-0.4, -0.2) is 67.5 Å². The summed E-state index contributed by atoms with van der Waals surface area (Å²) in [7, 11) is 0. The molecule has 32 heavy (non-hydrogen) atoms. The second-order valence-corrected chi connectivity index (χ2v) is 8.70. The molecule has 0 unspecified atom stereocenters. The highest BCUT2D eigenvalue weighted by atomic mass is 19.2. The Morgan fingerprint density at radius 3 is 2.53 bits per heavy atom. The molecule has 0 radical (unpaired) electrons. The third kappa shape index (κ3) is 4.11. The molecule has 9 nitrogen and oxygen atoms in total. The van der Waals surface area contributed by atoms with Crippen LogP contribution in [0.3, 0.4) is 0 Å². The molecular formula is C21H25F2N5O4. The highest BCUT2D eigenvalue weighted by molar-refractivity contribution is 5.97. The van der Waals surface area contributed by atoms with Gasteiger partial charge >= 0.3 is 0 Å². The van der Waals surface area contributed by atoms with Crippen molar-refractivity contribution >= 4 is 23.5 Å². The lowest BCUT2D eigenvalue weighted by Gasteiger charge is -2.15. The first kappa shape index (κ1) is 22.0. The number of alkyl halides is 2. The number of hydrogen-bond donors (Lipinski definition) is 2. The molecule has 2 amide bonds. The van der Waals surface area contributed by atoms with E-state index in [2.05, 4.69) is 10.4 Å². The summed E-state index contributed by atoms with van der Waals surface area (Å²) in [6, 6.07) is -0.00361. The van der Waals surface area contributed by atoms with Crippen molar-refractivity contribution in [2.45, 2.75) is 51.6 Å². The molecule has 4 rings (SSSR count). The van der Waals surface area contributed by atoms with Gasteiger partial charge in [0.05, 0.1) is 19.3 Å². The number of carbonyl (C=O) groups excluding carboxylic acids is 2. The summed E-state index contributed by atoms with van der Waals surface area (Å²) < 4.78 is 29.2. The summed E-state index contributed by atoms with van der Waals surface area (Å²) in [5.41, 5.74) is -0.502. The molecule has 1 saturated heterocycles. The predicted octanol–water partition coefficient (Wildman–Crippen LogP) is 1.28. The van der Waals surface area contributed by atoms with Gasteiger partial charge in [0.15, 0.2) is 17.9 Å². The fourth-order valence-corrected chi connectivity index (χ4v) is 3.72. The van der Waals surface area contributed by atoms with Gasteiger partial charge < -0.3 is 15.3 Å². The van der Waals surface area contributed by atoms with Crippen LogP contribution in [0.25, 0.3) is 11.7 Å². The van der Waals surface area contributed by atoms with Gasteiger partial charge in [-0.1, -0.05) is 13.8 Å². The van der Waals surface area contributed by atoms with Crippen LogP contribution >= 0.6 is 0 Å². The quantitative estimate of drug-likeness (QED) is 0.646. The van der Waals surface area contributed by atoms with Crippen LogP contribution in [0.5, 0.6) is 5.88 Å². The Labute approximate surface area is 182 Å². The van der Waals surface area contributed by atoms with E-state index in [0.29, 0.717) is 5.56 Å². The van der Waals surface area contributed by atoms with Crippen LogP contribution in [0.2, 0.25) is 0 Å². The number of nitrogens with one attached hydrogen (secondary N) is 1. The van der Waals surface area contributed by atoms with Crippen LogP contribution in [0.15, 0.2) is 17.1 Å². The number of carbonyl (C=O) groups is 2. The summed E-state index contributed by atoms with van der Waals surface area (Å²) in [5, 5.41) is 17.5. The number of aromatic hydroxyl groups is 1. The monoisotopic (exact) mass is 449 g/mol. The average Bonchev–Trinajstić information content (AvgIpc) is 3.32. The maximum Gasteiger partial charge on any atom is 0.270 e. The van der Waals surface area contributed by atoms with Gasteiger partial charge in [0.1, 0.15) is 5.65 Å². The number of fused-ring (bicyclic) bond motifs is 1. The van der Waals surface area contributed by atoms with E-state index < -0.39 is 35.6 Å². The third-order valence-corrected chi connectivity index (χ3v) is 5.50. The molecule has 172 valence electrons. The summed E-state index contributed by atoms with van der Waals surface area (Å²) in [5.74, 6) is -1.79. The Morgan fingerprint density at radius 2 is 1.94 bits per heavy atom. The van der Waals surface area contributed by atoms with Gasteiger partial charge in [-0.25, -0.2) is 8.78 Å². The Bertz CT molecular complexity index is 1140. The summed E-state index contributed by atoms with van der Waals surface area (Å²) >= 11 is 0. The van der Waals surface area contributed by atoms with Crippen LogP contribution < -0.4 is 10.9 Å². The van der Waals surface area contributed by atoms with E-state index >= 15 is 0 Å². The number of halogens is 2. The molecule has 2 fully saturated rings. The van der Waals surface area contributed by atoms with Gasteiger partial charge in [-0.15, -0.1) is 0 Å². The minimum absolute atomic E-state index is 0.00361. The molecule has 1 aliphatic carbocycles.